The van der Waals surface area contributed by atoms with Crippen molar-refractivity contribution < 1.29 is 23.8 Å². The molecule has 0 N–H and O–H groups in total. The van der Waals surface area contributed by atoms with E-state index in [1.807, 2.05) is 12.1 Å². The molecule has 0 amide bonds. The summed E-state index contributed by atoms with van der Waals surface area (Å²) in [5.41, 5.74) is 1.89. The molecule has 0 heterocycles. The van der Waals surface area contributed by atoms with E-state index in [0.717, 1.165) is 18.7 Å². The summed E-state index contributed by atoms with van der Waals surface area (Å²) >= 11 is 0. The summed E-state index contributed by atoms with van der Waals surface area (Å²) in [6.07, 6.45) is 0. The molecular weight excluding hydrogens is 358 g/mol. The largest absolute Gasteiger partial charge is 0.493 e. The van der Waals surface area contributed by atoms with Crippen LogP contribution in [0, 0.1) is 0 Å². The number of benzene rings is 2. The maximum Gasteiger partial charge on any atom is 0.343 e. The Kier molecular flexibility index (Phi) is 7.58. The maximum atomic E-state index is 12.5. The van der Waals surface area contributed by atoms with Gasteiger partial charge in [-0.2, -0.15) is 0 Å². The van der Waals surface area contributed by atoms with Crippen molar-refractivity contribution >= 4 is 11.9 Å². The van der Waals surface area contributed by atoms with Crippen molar-refractivity contribution in [2.75, 3.05) is 20.8 Å². The summed E-state index contributed by atoms with van der Waals surface area (Å²) in [7, 11) is 2.74. The van der Waals surface area contributed by atoms with Gasteiger partial charge in [0.15, 0.2) is 11.5 Å². The Bertz CT molecular complexity index is 814. The lowest BCUT2D eigenvalue weighted by Crippen LogP contribution is -2.29. The first-order chi connectivity index (χ1) is 13.4. The first-order valence-electron chi connectivity index (χ1n) is 9.21. The smallest absolute Gasteiger partial charge is 0.343 e. The highest BCUT2D eigenvalue weighted by Crippen LogP contribution is 2.29. The Morgan fingerprint density at radius 2 is 1.57 bits per heavy atom. The molecule has 0 unspecified atom stereocenters. The van der Waals surface area contributed by atoms with Crippen LogP contribution in [0.15, 0.2) is 42.5 Å². The molecule has 0 aliphatic rings. The Labute approximate surface area is 166 Å². The molecule has 150 valence electrons. The average molecular weight is 385 g/mol. The van der Waals surface area contributed by atoms with Gasteiger partial charge in [-0.1, -0.05) is 19.1 Å². The molecule has 0 atom stereocenters. The van der Waals surface area contributed by atoms with Gasteiger partial charge < -0.3 is 14.2 Å². The third kappa shape index (κ3) is 5.33. The van der Waals surface area contributed by atoms with Gasteiger partial charge in [0.25, 0.3) is 0 Å². The summed E-state index contributed by atoms with van der Waals surface area (Å²) < 4.78 is 15.4. The van der Waals surface area contributed by atoms with Crippen LogP contribution in [-0.2, 0) is 11.3 Å². The van der Waals surface area contributed by atoms with Crippen molar-refractivity contribution in [2.45, 2.75) is 33.4 Å². The second kappa shape index (κ2) is 9.90. The lowest BCUT2D eigenvalue weighted by molar-refractivity contribution is 0.0600. The fourth-order valence-corrected chi connectivity index (χ4v) is 2.80. The van der Waals surface area contributed by atoms with Gasteiger partial charge in [-0.25, -0.2) is 9.59 Å². The van der Waals surface area contributed by atoms with E-state index in [9.17, 15) is 9.59 Å². The molecule has 2 rings (SSSR count). The fraction of sp³-hybridized carbons (Fsp3) is 0.364. The number of esters is 2. The lowest BCUT2D eigenvalue weighted by atomic mass is 10.1. The highest BCUT2D eigenvalue weighted by molar-refractivity contribution is 5.92. The van der Waals surface area contributed by atoms with Crippen LogP contribution in [0.5, 0.6) is 11.5 Å². The SMILES string of the molecule is CCN(Cc1ccc(C(=O)Oc2ccc(C(=O)OC)cc2OC)cc1)C(C)C. The van der Waals surface area contributed by atoms with E-state index in [1.54, 1.807) is 12.1 Å². The van der Waals surface area contributed by atoms with Crippen LogP contribution in [0.4, 0.5) is 0 Å². The summed E-state index contributed by atoms with van der Waals surface area (Å²) in [4.78, 5) is 26.4. The number of methoxy groups -OCH3 is 2. The maximum absolute atomic E-state index is 12.5. The van der Waals surface area contributed by atoms with Crippen LogP contribution in [0.25, 0.3) is 0 Å². The second-order valence-electron chi connectivity index (χ2n) is 6.60. The van der Waals surface area contributed by atoms with Gasteiger partial charge in [0, 0.05) is 12.6 Å². The number of carbonyl (C=O) groups is 2. The van der Waals surface area contributed by atoms with Crippen LogP contribution in [-0.4, -0.2) is 43.6 Å². The molecule has 6 nitrogen and oxygen atoms in total. The zero-order valence-corrected chi connectivity index (χ0v) is 17.0. The van der Waals surface area contributed by atoms with Crippen LogP contribution < -0.4 is 9.47 Å². The number of hydrogen-bond donors (Lipinski definition) is 0. The summed E-state index contributed by atoms with van der Waals surface area (Å²) in [5.74, 6) is -0.467. The van der Waals surface area contributed by atoms with Crippen molar-refractivity contribution in [3.63, 3.8) is 0 Å². The average Bonchev–Trinajstić information content (AvgIpc) is 2.71. The summed E-state index contributed by atoms with van der Waals surface area (Å²) in [5, 5.41) is 0. The molecular formula is C22H27NO5. The Balaban J connectivity index is 2.11. The highest BCUT2D eigenvalue weighted by atomic mass is 16.6. The summed E-state index contributed by atoms with van der Waals surface area (Å²) in [6.45, 7) is 8.24. The number of nitrogens with zero attached hydrogens (tertiary/aromatic N) is 1. The predicted octanol–water partition coefficient (Wildman–Crippen LogP) is 3.93. The van der Waals surface area contributed by atoms with Crippen molar-refractivity contribution in [3.05, 3.63) is 59.2 Å². The number of rotatable bonds is 8. The summed E-state index contributed by atoms with van der Waals surface area (Å²) in [6, 6.07) is 12.3. The third-order valence-electron chi connectivity index (χ3n) is 4.50. The van der Waals surface area contributed by atoms with E-state index >= 15 is 0 Å². The minimum Gasteiger partial charge on any atom is -0.493 e. The van der Waals surface area contributed by atoms with Crippen LogP contribution in [0.1, 0.15) is 47.1 Å². The van der Waals surface area contributed by atoms with E-state index < -0.39 is 11.9 Å². The number of carbonyl (C=O) groups excluding carboxylic acids is 2. The molecule has 0 aromatic heterocycles. The molecule has 0 saturated heterocycles. The first kappa shape index (κ1) is 21.4. The molecule has 2 aromatic rings. The van der Waals surface area contributed by atoms with Gasteiger partial charge in [-0.15, -0.1) is 0 Å². The monoisotopic (exact) mass is 385 g/mol. The Hall–Kier alpha value is -2.86. The van der Waals surface area contributed by atoms with Crippen molar-refractivity contribution in [2.24, 2.45) is 0 Å². The van der Waals surface area contributed by atoms with E-state index in [0.29, 0.717) is 17.2 Å². The van der Waals surface area contributed by atoms with E-state index in [2.05, 4.69) is 30.4 Å². The molecule has 0 aliphatic heterocycles. The topological polar surface area (TPSA) is 65.1 Å². The third-order valence-corrected chi connectivity index (χ3v) is 4.50. The van der Waals surface area contributed by atoms with Crippen molar-refractivity contribution in [1.82, 2.24) is 4.90 Å². The number of ether oxygens (including phenoxy) is 3. The van der Waals surface area contributed by atoms with Gasteiger partial charge in [-0.05, 0) is 56.3 Å². The lowest BCUT2D eigenvalue weighted by Gasteiger charge is -2.24. The Morgan fingerprint density at radius 3 is 2.11 bits per heavy atom. The van der Waals surface area contributed by atoms with E-state index in [1.165, 1.54) is 32.4 Å². The molecule has 0 aliphatic carbocycles. The van der Waals surface area contributed by atoms with Gasteiger partial charge in [0.2, 0.25) is 0 Å². The van der Waals surface area contributed by atoms with Gasteiger partial charge >= 0.3 is 11.9 Å². The van der Waals surface area contributed by atoms with Crippen LogP contribution in [0.2, 0.25) is 0 Å². The molecule has 0 fully saturated rings. The zero-order valence-electron chi connectivity index (χ0n) is 17.0. The zero-order chi connectivity index (χ0) is 20.7. The molecule has 2 aromatic carbocycles. The first-order valence-corrected chi connectivity index (χ1v) is 9.21. The van der Waals surface area contributed by atoms with Gasteiger partial charge in [0.05, 0.1) is 25.3 Å². The molecule has 0 saturated carbocycles. The number of hydrogen-bond acceptors (Lipinski definition) is 6. The van der Waals surface area contributed by atoms with E-state index in [-0.39, 0.29) is 11.5 Å². The van der Waals surface area contributed by atoms with Crippen molar-refractivity contribution in [1.29, 1.82) is 0 Å². The molecule has 0 bridgehead atoms. The minimum atomic E-state index is -0.494. The fourth-order valence-electron chi connectivity index (χ4n) is 2.80. The van der Waals surface area contributed by atoms with Crippen LogP contribution >= 0.6 is 0 Å². The molecule has 0 spiro atoms. The molecule has 6 heteroatoms. The normalized spacial score (nSPS) is 10.8. The Morgan fingerprint density at radius 1 is 0.929 bits per heavy atom. The highest BCUT2D eigenvalue weighted by Gasteiger charge is 2.16. The van der Waals surface area contributed by atoms with Crippen molar-refractivity contribution in [3.8, 4) is 11.5 Å². The quantitative estimate of drug-likeness (QED) is 0.507. The molecule has 28 heavy (non-hydrogen) atoms. The standard InChI is InChI=1S/C22H27NO5/c1-6-23(15(2)3)14-16-7-9-17(10-8-16)22(25)28-19-12-11-18(21(24)27-5)13-20(19)26-4/h7-13,15H,6,14H2,1-5H3. The van der Waals surface area contributed by atoms with Gasteiger partial charge in [-0.3, -0.25) is 4.90 Å². The van der Waals surface area contributed by atoms with Gasteiger partial charge in [0.1, 0.15) is 0 Å². The molecule has 0 radical (unpaired) electrons. The van der Waals surface area contributed by atoms with Crippen LogP contribution in [0.3, 0.4) is 0 Å². The predicted molar refractivity (Wildman–Crippen MR) is 107 cm³/mol. The minimum absolute atomic E-state index is 0.237. The second-order valence-corrected chi connectivity index (χ2v) is 6.60. The van der Waals surface area contributed by atoms with E-state index in [4.69, 9.17) is 9.47 Å².